The number of nitrogens with one attached hydrogen (secondary N) is 2. The minimum Gasteiger partial charge on any atom is -0.385 e. The number of rotatable bonds is 11. The number of benzene rings is 2. The number of halogens is 2. The molecule has 0 aliphatic carbocycles. The van der Waals surface area contributed by atoms with Crippen LogP contribution in [0.25, 0.3) is 11.1 Å². The predicted molar refractivity (Wildman–Crippen MR) is 141 cm³/mol. The highest BCUT2D eigenvalue weighted by Crippen LogP contribution is 2.44. The van der Waals surface area contributed by atoms with Crippen LogP contribution in [-0.2, 0) is 15.2 Å². The molecule has 1 fully saturated rings. The number of likely N-dealkylation sites (tertiary alicyclic amines) is 1. The van der Waals surface area contributed by atoms with Gasteiger partial charge in [0.2, 0.25) is 11.8 Å². The van der Waals surface area contributed by atoms with E-state index in [1.807, 2.05) is 14.0 Å². The number of carbonyl (C=O) groups excluding carboxylic acids is 2. The minimum absolute atomic E-state index is 0.0322. The number of hydrogen-bond donors (Lipinski definition) is 3. The van der Waals surface area contributed by atoms with E-state index >= 15 is 8.78 Å². The van der Waals surface area contributed by atoms with Crippen molar-refractivity contribution < 1.29 is 23.5 Å². The summed E-state index contributed by atoms with van der Waals surface area (Å²) in [6, 6.07) is 8.99. The van der Waals surface area contributed by atoms with Gasteiger partial charge in [-0.2, -0.15) is 0 Å². The van der Waals surface area contributed by atoms with Crippen molar-refractivity contribution in [2.75, 3.05) is 33.2 Å². The third kappa shape index (κ3) is 7.14. The largest absolute Gasteiger partial charge is 0.385 e. The van der Waals surface area contributed by atoms with Gasteiger partial charge in [0.15, 0.2) is 0 Å². The zero-order valence-electron chi connectivity index (χ0n) is 22.1. The van der Waals surface area contributed by atoms with Crippen LogP contribution in [0.15, 0.2) is 36.4 Å². The summed E-state index contributed by atoms with van der Waals surface area (Å²) in [5.41, 5.74) is -0.298. The second-order valence-electron chi connectivity index (χ2n) is 10.0. The van der Waals surface area contributed by atoms with Crippen LogP contribution < -0.4 is 10.6 Å². The first-order chi connectivity index (χ1) is 17.7. The Bertz CT molecular complexity index is 1090. The lowest BCUT2D eigenvalue weighted by molar-refractivity contribution is -0.137. The topological polar surface area (TPSA) is 81.7 Å². The third-order valence-electron chi connectivity index (χ3n) is 7.25. The molecule has 0 saturated carbocycles. The SMILES string of the molecule is CNCCCC(=O)N1CCC[C@@H]([C@@](O)(CCCNC(C)=O)c2cccc(F)c2-c2cc(C)ccc2F)C1. The molecule has 3 rings (SSSR count). The summed E-state index contributed by atoms with van der Waals surface area (Å²) < 4.78 is 30.4. The minimum atomic E-state index is -1.53. The first kappa shape index (κ1) is 28.7. The Balaban J connectivity index is 2.02. The molecule has 0 unspecified atom stereocenters. The lowest BCUT2D eigenvalue weighted by Crippen LogP contribution is -2.48. The van der Waals surface area contributed by atoms with Crippen LogP contribution in [0.2, 0.25) is 0 Å². The van der Waals surface area contributed by atoms with E-state index in [9.17, 15) is 14.7 Å². The van der Waals surface area contributed by atoms with E-state index in [2.05, 4.69) is 10.6 Å². The van der Waals surface area contributed by atoms with Crippen molar-refractivity contribution in [1.29, 1.82) is 0 Å². The molecule has 0 aromatic heterocycles. The van der Waals surface area contributed by atoms with E-state index in [1.54, 1.807) is 23.1 Å². The number of carbonyl (C=O) groups is 2. The highest BCUT2D eigenvalue weighted by Gasteiger charge is 2.43. The molecule has 0 radical (unpaired) electrons. The van der Waals surface area contributed by atoms with Crippen LogP contribution in [0.3, 0.4) is 0 Å². The van der Waals surface area contributed by atoms with Gasteiger partial charge in [-0.15, -0.1) is 0 Å². The Labute approximate surface area is 218 Å². The van der Waals surface area contributed by atoms with Gasteiger partial charge in [-0.05, 0) is 76.4 Å². The van der Waals surface area contributed by atoms with E-state index < -0.39 is 17.2 Å². The van der Waals surface area contributed by atoms with E-state index in [-0.39, 0.29) is 35.3 Å². The van der Waals surface area contributed by atoms with Gasteiger partial charge in [-0.1, -0.05) is 23.8 Å². The zero-order chi connectivity index (χ0) is 27.0. The monoisotopic (exact) mass is 515 g/mol. The maximum absolute atomic E-state index is 15.4. The molecule has 0 bridgehead atoms. The van der Waals surface area contributed by atoms with Gasteiger partial charge in [0.05, 0.1) is 5.60 Å². The summed E-state index contributed by atoms with van der Waals surface area (Å²) in [4.78, 5) is 26.1. The van der Waals surface area contributed by atoms with Crippen molar-refractivity contribution >= 4 is 11.8 Å². The molecule has 1 heterocycles. The van der Waals surface area contributed by atoms with Crippen molar-refractivity contribution in [1.82, 2.24) is 15.5 Å². The number of hydrogen-bond acceptors (Lipinski definition) is 4. The van der Waals surface area contributed by atoms with Crippen LogP contribution >= 0.6 is 0 Å². The molecule has 2 atom stereocenters. The standard InChI is InChI=1S/C29H39F2N3O3/c1-20-12-13-25(30)23(18-20)28-24(9-4-10-26(28)31)29(37,14-7-16-33-21(2)35)22-8-6-17-34(19-22)27(36)11-5-15-32-3/h4,9-10,12-13,18,22,32,37H,5-8,11,14-17,19H2,1-3H3,(H,33,35)/t22-,29+/m1/s1. The average molecular weight is 516 g/mol. The summed E-state index contributed by atoms with van der Waals surface area (Å²) in [5.74, 6) is -1.70. The van der Waals surface area contributed by atoms with Gasteiger partial charge in [-0.25, -0.2) is 8.78 Å². The Morgan fingerprint density at radius 2 is 1.92 bits per heavy atom. The van der Waals surface area contributed by atoms with Gasteiger partial charge in [-0.3, -0.25) is 9.59 Å². The maximum Gasteiger partial charge on any atom is 0.222 e. The molecular formula is C29H39F2N3O3. The van der Waals surface area contributed by atoms with Crippen LogP contribution in [-0.4, -0.2) is 55.0 Å². The number of nitrogens with zero attached hydrogens (tertiary/aromatic N) is 1. The number of aliphatic hydroxyl groups is 1. The van der Waals surface area contributed by atoms with Crippen molar-refractivity contribution in [3.8, 4) is 11.1 Å². The first-order valence-corrected chi connectivity index (χ1v) is 13.1. The Morgan fingerprint density at radius 1 is 1.14 bits per heavy atom. The van der Waals surface area contributed by atoms with Gasteiger partial charge in [0.1, 0.15) is 11.6 Å². The summed E-state index contributed by atoms with van der Waals surface area (Å²) in [7, 11) is 1.84. The van der Waals surface area contributed by atoms with Gasteiger partial charge in [0.25, 0.3) is 0 Å². The van der Waals surface area contributed by atoms with Crippen LogP contribution in [0.1, 0.15) is 56.6 Å². The molecule has 37 heavy (non-hydrogen) atoms. The van der Waals surface area contributed by atoms with Crippen LogP contribution in [0.5, 0.6) is 0 Å². The molecule has 2 amide bonds. The summed E-state index contributed by atoms with van der Waals surface area (Å²) in [5, 5.41) is 18.2. The summed E-state index contributed by atoms with van der Waals surface area (Å²) in [6.07, 6.45) is 3.15. The molecule has 1 aliphatic rings. The smallest absolute Gasteiger partial charge is 0.222 e. The highest BCUT2D eigenvalue weighted by atomic mass is 19.1. The lowest BCUT2D eigenvalue weighted by Gasteiger charge is -2.43. The second-order valence-corrected chi connectivity index (χ2v) is 10.0. The predicted octanol–water partition coefficient (Wildman–Crippen LogP) is 4.28. The molecule has 2 aromatic carbocycles. The van der Waals surface area contributed by atoms with Crippen molar-refractivity contribution in [3.63, 3.8) is 0 Å². The Kier molecular flexibility index (Phi) is 10.2. The molecule has 6 nitrogen and oxygen atoms in total. The fourth-order valence-electron chi connectivity index (χ4n) is 5.34. The van der Waals surface area contributed by atoms with Gasteiger partial charge in [0, 0.05) is 50.0 Å². The zero-order valence-corrected chi connectivity index (χ0v) is 22.1. The van der Waals surface area contributed by atoms with E-state index in [1.165, 1.54) is 25.1 Å². The van der Waals surface area contributed by atoms with Crippen molar-refractivity contribution in [2.24, 2.45) is 5.92 Å². The van der Waals surface area contributed by atoms with E-state index in [4.69, 9.17) is 0 Å². The molecule has 0 spiro atoms. The fraction of sp³-hybridized carbons (Fsp3) is 0.517. The Hall–Kier alpha value is -2.84. The van der Waals surface area contributed by atoms with Crippen LogP contribution in [0.4, 0.5) is 8.78 Å². The third-order valence-corrected chi connectivity index (χ3v) is 7.25. The van der Waals surface area contributed by atoms with Gasteiger partial charge < -0.3 is 20.6 Å². The first-order valence-electron chi connectivity index (χ1n) is 13.1. The second kappa shape index (κ2) is 13.1. The lowest BCUT2D eigenvalue weighted by atomic mass is 9.72. The molecule has 2 aromatic rings. The molecule has 1 saturated heterocycles. The van der Waals surface area contributed by atoms with Crippen molar-refractivity contribution in [3.05, 3.63) is 59.2 Å². The molecule has 1 aliphatic heterocycles. The maximum atomic E-state index is 15.4. The fourth-order valence-corrected chi connectivity index (χ4v) is 5.34. The number of piperidine rings is 1. The van der Waals surface area contributed by atoms with E-state index in [0.29, 0.717) is 50.9 Å². The molecular weight excluding hydrogens is 476 g/mol. The summed E-state index contributed by atoms with van der Waals surface area (Å²) in [6.45, 7) is 5.27. The number of amides is 2. The van der Waals surface area contributed by atoms with Crippen LogP contribution in [0, 0.1) is 24.5 Å². The molecule has 8 heteroatoms. The highest BCUT2D eigenvalue weighted by molar-refractivity contribution is 5.76. The Morgan fingerprint density at radius 3 is 2.65 bits per heavy atom. The van der Waals surface area contributed by atoms with Crippen molar-refractivity contribution in [2.45, 2.75) is 58.0 Å². The normalized spacial score (nSPS) is 17.4. The average Bonchev–Trinajstić information content (AvgIpc) is 2.88. The molecule has 202 valence electrons. The molecule has 3 N–H and O–H groups in total. The van der Waals surface area contributed by atoms with E-state index in [0.717, 1.165) is 18.5 Å². The summed E-state index contributed by atoms with van der Waals surface area (Å²) >= 11 is 0. The number of aryl methyl sites for hydroxylation is 1. The quantitative estimate of drug-likeness (QED) is 0.390. The van der Waals surface area contributed by atoms with Gasteiger partial charge >= 0.3 is 0 Å².